The Labute approximate surface area is 125 Å². The molecule has 0 bridgehead atoms. The van der Waals surface area contributed by atoms with Gasteiger partial charge in [-0.15, -0.1) is 11.3 Å². The molecule has 2 rings (SSSR count). The molecule has 0 spiro atoms. The summed E-state index contributed by atoms with van der Waals surface area (Å²) < 4.78 is 5.41. The van der Waals surface area contributed by atoms with Crippen molar-refractivity contribution in [1.29, 1.82) is 0 Å². The lowest BCUT2D eigenvalue weighted by Gasteiger charge is -2.23. The van der Waals surface area contributed by atoms with Crippen molar-refractivity contribution in [3.05, 3.63) is 21.9 Å². The Kier molecular flexibility index (Phi) is 5.18. The van der Waals surface area contributed by atoms with E-state index in [0.29, 0.717) is 25.7 Å². The zero-order valence-electron chi connectivity index (χ0n) is 12.7. The monoisotopic (exact) mass is 296 g/mol. The molecule has 0 aromatic carbocycles. The van der Waals surface area contributed by atoms with Crippen LogP contribution in [0.15, 0.2) is 12.1 Å². The van der Waals surface area contributed by atoms with E-state index in [4.69, 9.17) is 4.74 Å². The van der Waals surface area contributed by atoms with E-state index in [0.717, 1.165) is 0 Å². The van der Waals surface area contributed by atoms with Gasteiger partial charge in [-0.05, 0) is 31.9 Å². The van der Waals surface area contributed by atoms with Crippen LogP contribution in [0.3, 0.4) is 0 Å². The molecule has 1 N–H and O–H groups in total. The summed E-state index contributed by atoms with van der Waals surface area (Å²) >= 11 is 1.75. The third-order valence-corrected chi connectivity index (χ3v) is 4.63. The third kappa shape index (κ3) is 3.22. The van der Waals surface area contributed by atoms with Gasteiger partial charge in [0.15, 0.2) is 0 Å². The first-order chi connectivity index (χ1) is 9.54. The summed E-state index contributed by atoms with van der Waals surface area (Å²) in [4.78, 5) is 16.9. The number of aryl methyl sites for hydroxylation is 1. The van der Waals surface area contributed by atoms with Crippen LogP contribution in [-0.2, 0) is 9.53 Å². The highest BCUT2D eigenvalue weighted by Crippen LogP contribution is 2.31. The summed E-state index contributed by atoms with van der Waals surface area (Å²) in [6, 6.07) is 4.13. The van der Waals surface area contributed by atoms with Crippen LogP contribution in [-0.4, -0.2) is 36.6 Å². The lowest BCUT2D eigenvalue weighted by atomic mass is 10.1. The minimum absolute atomic E-state index is 0.00550. The summed E-state index contributed by atoms with van der Waals surface area (Å²) in [5.74, 6) is 0.485. The van der Waals surface area contributed by atoms with Gasteiger partial charge in [0.2, 0.25) is 5.91 Å². The van der Waals surface area contributed by atoms with Crippen LogP contribution in [0.1, 0.15) is 36.7 Å². The van der Waals surface area contributed by atoms with Crippen molar-refractivity contribution in [2.45, 2.75) is 39.9 Å². The maximum Gasteiger partial charge on any atom is 0.241 e. The first-order valence-corrected chi connectivity index (χ1v) is 8.06. The van der Waals surface area contributed by atoms with Gasteiger partial charge >= 0.3 is 0 Å². The molecule has 1 amide bonds. The molecule has 5 heteroatoms. The van der Waals surface area contributed by atoms with Crippen LogP contribution < -0.4 is 5.32 Å². The van der Waals surface area contributed by atoms with Gasteiger partial charge in [0, 0.05) is 22.9 Å². The fourth-order valence-corrected chi connectivity index (χ4v) is 3.45. The smallest absolute Gasteiger partial charge is 0.241 e. The van der Waals surface area contributed by atoms with E-state index >= 15 is 0 Å². The fourth-order valence-electron chi connectivity index (χ4n) is 2.50. The Bertz CT molecular complexity index is 458. The van der Waals surface area contributed by atoms with Crippen molar-refractivity contribution >= 4 is 17.2 Å². The topological polar surface area (TPSA) is 41.6 Å². The maximum atomic E-state index is 12.5. The van der Waals surface area contributed by atoms with Gasteiger partial charge in [0.1, 0.15) is 6.17 Å². The second-order valence-electron chi connectivity index (χ2n) is 5.47. The number of hydrogen-bond donors (Lipinski definition) is 1. The molecule has 1 aliphatic rings. The molecule has 0 radical (unpaired) electrons. The van der Waals surface area contributed by atoms with Crippen LogP contribution in [0.2, 0.25) is 0 Å². The number of amides is 1. The molecule has 20 heavy (non-hydrogen) atoms. The second-order valence-corrected chi connectivity index (χ2v) is 6.79. The van der Waals surface area contributed by atoms with E-state index in [9.17, 15) is 4.79 Å². The predicted molar refractivity (Wildman–Crippen MR) is 81.8 cm³/mol. The van der Waals surface area contributed by atoms with Gasteiger partial charge < -0.3 is 9.64 Å². The summed E-state index contributed by atoms with van der Waals surface area (Å²) in [7, 11) is 0. The van der Waals surface area contributed by atoms with Crippen LogP contribution in [0.25, 0.3) is 0 Å². The van der Waals surface area contributed by atoms with Crippen molar-refractivity contribution in [1.82, 2.24) is 10.2 Å². The van der Waals surface area contributed by atoms with E-state index in [1.165, 1.54) is 9.75 Å². The highest BCUT2D eigenvalue weighted by atomic mass is 32.1. The Morgan fingerprint density at radius 1 is 1.45 bits per heavy atom. The summed E-state index contributed by atoms with van der Waals surface area (Å²) in [5.41, 5.74) is 0. The predicted octanol–water partition coefficient (Wildman–Crippen LogP) is 2.55. The largest absolute Gasteiger partial charge is 0.380 e. The van der Waals surface area contributed by atoms with Gasteiger partial charge in [0.25, 0.3) is 0 Å². The molecule has 4 nitrogen and oxygen atoms in total. The highest BCUT2D eigenvalue weighted by molar-refractivity contribution is 7.12. The molecule has 2 atom stereocenters. The van der Waals surface area contributed by atoms with E-state index in [-0.39, 0.29) is 18.1 Å². The zero-order valence-corrected chi connectivity index (χ0v) is 13.5. The number of thiophene rings is 1. The van der Waals surface area contributed by atoms with E-state index in [1.54, 1.807) is 11.3 Å². The Hall–Kier alpha value is -0.910. The molecule has 2 heterocycles. The minimum atomic E-state index is -0.0935. The molecule has 1 saturated heterocycles. The normalized spacial score (nSPS) is 23.1. The molecule has 1 aliphatic heterocycles. The number of nitrogens with one attached hydrogen (secondary N) is 1. The SMILES string of the molecule is CCOCCN1C(=O)C(C(C)C)NC1c1ccc(C)s1. The van der Waals surface area contributed by atoms with Gasteiger partial charge in [0.05, 0.1) is 12.6 Å². The van der Waals surface area contributed by atoms with Crippen LogP contribution in [0.5, 0.6) is 0 Å². The van der Waals surface area contributed by atoms with Gasteiger partial charge in [-0.3, -0.25) is 10.1 Å². The number of hydrogen-bond acceptors (Lipinski definition) is 4. The molecular weight excluding hydrogens is 272 g/mol. The number of rotatable bonds is 6. The average molecular weight is 296 g/mol. The summed E-state index contributed by atoms with van der Waals surface area (Å²) in [6.07, 6.45) is -0.00550. The number of ether oxygens (including phenoxy) is 1. The highest BCUT2D eigenvalue weighted by Gasteiger charge is 2.41. The quantitative estimate of drug-likeness (QED) is 0.820. The minimum Gasteiger partial charge on any atom is -0.380 e. The van der Waals surface area contributed by atoms with E-state index in [1.807, 2.05) is 11.8 Å². The molecule has 0 aliphatic carbocycles. The standard InChI is InChI=1S/C15H24N2O2S/c1-5-19-9-8-17-14(12-7-6-11(4)20-12)16-13(10(2)3)15(17)18/h6-7,10,13-14,16H,5,8-9H2,1-4H3. The maximum absolute atomic E-state index is 12.5. The van der Waals surface area contributed by atoms with Crippen molar-refractivity contribution < 1.29 is 9.53 Å². The first kappa shape index (κ1) is 15.5. The van der Waals surface area contributed by atoms with Crippen molar-refractivity contribution in [3.63, 3.8) is 0 Å². The van der Waals surface area contributed by atoms with E-state index < -0.39 is 0 Å². The Balaban J connectivity index is 2.15. The molecule has 1 aromatic heterocycles. The molecule has 112 valence electrons. The summed E-state index contributed by atoms with van der Waals surface area (Å²) in [5, 5.41) is 3.48. The van der Waals surface area contributed by atoms with Crippen LogP contribution in [0, 0.1) is 12.8 Å². The van der Waals surface area contributed by atoms with Crippen LogP contribution >= 0.6 is 11.3 Å². The van der Waals surface area contributed by atoms with E-state index in [2.05, 4.69) is 38.2 Å². The van der Waals surface area contributed by atoms with Gasteiger partial charge in [-0.1, -0.05) is 13.8 Å². The number of carbonyl (C=O) groups is 1. The van der Waals surface area contributed by atoms with Crippen molar-refractivity contribution in [3.8, 4) is 0 Å². The zero-order chi connectivity index (χ0) is 14.7. The molecule has 1 aromatic rings. The molecule has 2 unspecified atom stereocenters. The van der Waals surface area contributed by atoms with Crippen molar-refractivity contribution in [2.75, 3.05) is 19.8 Å². The Morgan fingerprint density at radius 3 is 2.75 bits per heavy atom. The fraction of sp³-hybridized carbons (Fsp3) is 0.667. The average Bonchev–Trinajstić information content (AvgIpc) is 2.95. The first-order valence-electron chi connectivity index (χ1n) is 7.25. The molecule has 1 fully saturated rings. The number of carbonyl (C=O) groups excluding carboxylic acids is 1. The van der Waals surface area contributed by atoms with Gasteiger partial charge in [-0.2, -0.15) is 0 Å². The van der Waals surface area contributed by atoms with Crippen molar-refractivity contribution in [2.24, 2.45) is 5.92 Å². The second kappa shape index (κ2) is 6.70. The Morgan fingerprint density at radius 2 is 2.20 bits per heavy atom. The molecular formula is C15H24N2O2S. The molecule has 0 saturated carbocycles. The summed E-state index contributed by atoms with van der Waals surface area (Å²) in [6.45, 7) is 10.2. The lowest BCUT2D eigenvalue weighted by Crippen LogP contribution is -2.35. The third-order valence-electron chi connectivity index (χ3n) is 3.58. The lowest BCUT2D eigenvalue weighted by molar-refractivity contribution is -0.131. The number of nitrogens with zero attached hydrogens (tertiary/aromatic N) is 1. The van der Waals surface area contributed by atoms with Gasteiger partial charge in [-0.25, -0.2) is 0 Å². The van der Waals surface area contributed by atoms with Crippen LogP contribution in [0.4, 0.5) is 0 Å².